The van der Waals surface area contributed by atoms with Gasteiger partial charge < -0.3 is 10.6 Å². The lowest BCUT2D eigenvalue weighted by molar-refractivity contribution is 0.722. The van der Waals surface area contributed by atoms with Crippen molar-refractivity contribution in [2.24, 2.45) is 7.05 Å². The minimum absolute atomic E-state index is 0.683. The molecule has 6 nitrogen and oxygen atoms in total. The highest BCUT2D eigenvalue weighted by Crippen LogP contribution is 2.31. The maximum absolute atomic E-state index is 6.14. The number of aryl methyl sites for hydroxylation is 1. The molecule has 22 heavy (non-hydrogen) atoms. The van der Waals surface area contributed by atoms with Crippen molar-refractivity contribution in [3.8, 4) is 11.3 Å². The van der Waals surface area contributed by atoms with Gasteiger partial charge in [-0.05, 0) is 24.3 Å². The summed E-state index contributed by atoms with van der Waals surface area (Å²) in [6, 6.07) is 7.73. The Kier molecular flexibility index (Phi) is 2.82. The van der Waals surface area contributed by atoms with E-state index in [1.54, 1.807) is 6.20 Å². The molecule has 0 saturated heterocycles. The van der Waals surface area contributed by atoms with Gasteiger partial charge in [0.1, 0.15) is 0 Å². The summed E-state index contributed by atoms with van der Waals surface area (Å²) in [4.78, 5) is 11.0. The lowest BCUT2D eigenvalue weighted by Crippen LogP contribution is -2.19. The molecule has 3 aromatic heterocycles. The summed E-state index contributed by atoms with van der Waals surface area (Å²) >= 11 is 0. The molecule has 0 saturated carbocycles. The van der Waals surface area contributed by atoms with Crippen molar-refractivity contribution >= 4 is 11.5 Å². The first-order valence-corrected chi connectivity index (χ1v) is 7.14. The van der Waals surface area contributed by atoms with Gasteiger partial charge >= 0.3 is 0 Å². The third kappa shape index (κ3) is 2.09. The van der Waals surface area contributed by atoms with Crippen LogP contribution in [0.4, 0.5) is 11.5 Å². The summed E-state index contributed by atoms with van der Waals surface area (Å²) < 4.78 is 1.85. The molecule has 0 aromatic carbocycles. The molecule has 0 bridgehead atoms. The van der Waals surface area contributed by atoms with Crippen molar-refractivity contribution in [1.82, 2.24) is 19.7 Å². The molecule has 0 amide bonds. The first-order valence-electron chi connectivity index (χ1n) is 7.14. The van der Waals surface area contributed by atoms with Crippen LogP contribution >= 0.6 is 0 Å². The number of nitrogens with zero attached hydrogens (tertiary/aromatic N) is 5. The standard InChI is InChI=1S/C16H16N6/c1-21-8-12-9-22(10-15(12)20-21)16-13(17)4-5-14(19-16)11-3-2-6-18-7-11/h2-8H,9-10,17H2,1H3. The van der Waals surface area contributed by atoms with E-state index in [4.69, 9.17) is 10.7 Å². The molecule has 4 heterocycles. The van der Waals surface area contributed by atoms with E-state index in [2.05, 4.69) is 21.2 Å². The van der Waals surface area contributed by atoms with Gasteiger partial charge in [0.25, 0.3) is 0 Å². The van der Waals surface area contributed by atoms with Gasteiger partial charge in [-0.1, -0.05) is 0 Å². The van der Waals surface area contributed by atoms with E-state index in [1.807, 2.05) is 42.2 Å². The number of hydrogen-bond donors (Lipinski definition) is 1. The van der Waals surface area contributed by atoms with Gasteiger partial charge in [0, 0.05) is 43.3 Å². The van der Waals surface area contributed by atoms with E-state index in [0.29, 0.717) is 5.69 Å². The summed E-state index contributed by atoms with van der Waals surface area (Å²) in [6.45, 7) is 1.53. The van der Waals surface area contributed by atoms with Crippen LogP contribution in [0.25, 0.3) is 11.3 Å². The van der Waals surface area contributed by atoms with Gasteiger partial charge in [-0.3, -0.25) is 9.67 Å². The molecule has 1 aliphatic rings. The average Bonchev–Trinajstić information content (AvgIpc) is 3.06. The molecule has 1 aliphatic heterocycles. The van der Waals surface area contributed by atoms with E-state index in [-0.39, 0.29) is 0 Å². The number of aromatic nitrogens is 4. The molecule has 110 valence electrons. The minimum atomic E-state index is 0.683. The molecular weight excluding hydrogens is 276 g/mol. The smallest absolute Gasteiger partial charge is 0.153 e. The third-order valence-electron chi connectivity index (χ3n) is 3.86. The fraction of sp³-hybridized carbons (Fsp3) is 0.188. The van der Waals surface area contributed by atoms with Crippen LogP contribution in [-0.2, 0) is 20.1 Å². The SMILES string of the molecule is Cn1cc2c(n1)CN(c1nc(-c3cccnc3)ccc1N)C2. The van der Waals surface area contributed by atoms with Crippen LogP contribution in [-0.4, -0.2) is 19.7 Å². The van der Waals surface area contributed by atoms with E-state index in [9.17, 15) is 0 Å². The fourth-order valence-corrected chi connectivity index (χ4v) is 2.83. The fourth-order valence-electron chi connectivity index (χ4n) is 2.83. The highest BCUT2D eigenvalue weighted by atomic mass is 15.3. The normalized spacial score (nSPS) is 13.4. The van der Waals surface area contributed by atoms with Crippen molar-refractivity contribution < 1.29 is 0 Å². The number of anilines is 2. The first-order chi connectivity index (χ1) is 10.7. The predicted molar refractivity (Wildman–Crippen MR) is 85.0 cm³/mol. The Morgan fingerprint density at radius 1 is 1.18 bits per heavy atom. The second-order valence-corrected chi connectivity index (χ2v) is 5.48. The molecule has 0 unspecified atom stereocenters. The molecular formula is C16H16N6. The van der Waals surface area contributed by atoms with Gasteiger partial charge in [0.15, 0.2) is 5.82 Å². The number of nitrogen functional groups attached to an aromatic ring is 1. The van der Waals surface area contributed by atoms with Crippen molar-refractivity contribution in [2.75, 3.05) is 10.6 Å². The molecule has 0 atom stereocenters. The van der Waals surface area contributed by atoms with Gasteiger partial charge in [0.2, 0.25) is 0 Å². The molecule has 2 N–H and O–H groups in total. The molecule has 0 spiro atoms. The van der Waals surface area contributed by atoms with E-state index in [0.717, 1.165) is 35.9 Å². The number of hydrogen-bond acceptors (Lipinski definition) is 5. The lowest BCUT2D eigenvalue weighted by Gasteiger charge is -2.19. The maximum Gasteiger partial charge on any atom is 0.153 e. The van der Waals surface area contributed by atoms with Crippen molar-refractivity contribution in [1.29, 1.82) is 0 Å². The summed E-state index contributed by atoms with van der Waals surface area (Å²) in [5.41, 5.74) is 11.0. The van der Waals surface area contributed by atoms with Crippen molar-refractivity contribution in [2.45, 2.75) is 13.1 Å². The number of nitrogens with two attached hydrogens (primary N) is 1. The number of rotatable bonds is 2. The Hall–Kier alpha value is -2.89. The minimum Gasteiger partial charge on any atom is -0.396 e. The van der Waals surface area contributed by atoms with E-state index in [1.165, 1.54) is 5.56 Å². The average molecular weight is 292 g/mol. The molecule has 0 radical (unpaired) electrons. The molecule has 4 rings (SSSR count). The predicted octanol–water partition coefficient (Wildman–Crippen LogP) is 1.98. The molecule has 6 heteroatoms. The molecule has 0 fully saturated rings. The van der Waals surface area contributed by atoms with E-state index < -0.39 is 0 Å². The van der Waals surface area contributed by atoms with Crippen molar-refractivity contribution in [3.63, 3.8) is 0 Å². The molecule has 0 aliphatic carbocycles. The Morgan fingerprint density at radius 2 is 2.09 bits per heavy atom. The zero-order valence-electron chi connectivity index (χ0n) is 12.3. The van der Waals surface area contributed by atoms with E-state index >= 15 is 0 Å². The Morgan fingerprint density at radius 3 is 2.86 bits per heavy atom. The van der Waals surface area contributed by atoms with Crippen LogP contribution in [0.1, 0.15) is 11.3 Å². The zero-order valence-corrected chi connectivity index (χ0v) is 12.3. The van der Waals surface area contributed by atoms with Gasteiger partial charge in [-0.25, -0.2) is 4.98 Å². The Labute approximate surface area is 128 Å². The summed E-state index contributed by atoms with van der Waals surface area (Å²) in [7, 11) is 1.94. The number of pyridine rings is 2. The Balaban J connectivity index is 1.69. The maximum atomic E-state index is 6.14. The monoisotopic (exact) mass is 292 g/mol. The quantitative estimate of drug-likeness (QED) is 0.782. The van der Waals surface area contributed by atoms with Crippen LogP contribution in [0.3, 0.4) is 0 Å². The highest BCUT2D eigenvalue weighted by Gasteiger charge is 2.24. The largest absolute Gasteiger partial charge is 0.396 e. The molecule has 3 aromatic rings. The van der Waals surface area contributed by atoms with Crippen LogP contribution in [0.2, 0.25) is 0 Å². The third-order valence-corrected chi connectivity index (χ3v) is 3.86. The highest BCUT2D eigenvalue weighted by molar-refractivity contribution is 5.70. The van der Waals surface area contributed by atoms with Gasteiger partial charge in [0.05, 0.1) is 23.6 Å². The zero-order chi connectivity index (χ0) is 15.1. The lowest BCUT2D eigenvalue weighted by atomic mass is 10.2. The summed E-state index contributed by atoms with van der Waals surface area (Å²) in [6.07, 6.45) is 5.61. The van der Waals surface area contributed by atoms with Crippen molar-refractivity contribution in [3.05, 3.63) is 54.1 Å². The summed E-state index contributed by atoms with van der Waals surface area (Å²) in [5.74, 6) is 0.807. The first kappa shape index (κ1) is 12.8. The number of fused-ring (bicyclic) bond motifs is 1. The van der Waals surface area contributed by atoms with Crippen LogP contribution in [0.5, 0.6) is 0 Å². The summed E-state index contributed by atoms with van der Waals surface area (Å²) in [5, 5.41) is 4.47. The second-order valence-electron chi connectivity index (χ2n) is 5.48. The van der Waals surface area contributed by atoms with Crippen LogP contribution in [0.15, 0.2) is 42.9 Å². The van der Waals surface area contributed by atoms with Crippen LogP contribution in [0, 0.1) is 0 Å². The van der Waals surface area contributed by atoms with Gasteiger partial charge in [-0.2, -0.15) is 5.10 Å². The second kappa shape index (κ2) is 4.84. The van der Waals surface area contributed by atoms with Gasteiger partial charge in [-0.15, -0.1) is 0 Å². The topological polar surface area (TPSA) is 72.9 Å². The Bertz CT molecular complexity index is 800. The van der Waals surface area contributed by atoms with Crippen LogP contribution < -0.4 is 10.6 Å².